The smallest absolute Gasteiger partial charge is 0.221 e. The van der Waals surface area contributed by atoms with E-state index in [0.717, 1.165) is 31.2 Å². The number of hydrogen-bond acceptors (Lipinski definition) is 4. The molecule has 1 aliphatic carbocycles. The predicted octanol–water partition coefficient (Wildman–Crippen LogP) is 2.47. The van der Waals surface area contributed by atoms with Gasteiger partial charge >= 0.3 is 0 Å². The minimum atomic E-state index is -0.239. The van der Waals surface area contributed by atoms with Gasteiger partial charge in [0.1, 0.15) is 0 Å². The van der Waals surface area contributed by atoms with Crippen LogP contribution in [0, 0.1) is 5.92 Å². The number of benzene rings is 1. The van der Waals surface area contributed by atoms with Crippen LogP contribution >= 0.6 is 0 Å². The monoisotopic (exact) mass is 293 g/mol. The second-order valence-corrected chi connectivity index (χ2v) is 5.32. The molecule has 1 fully saturated rings. The summed E-state index contributed by atoms with van der Waals surface area (Å²) in [6, 6.07) is 3.80. The molecule has 2 N–H and O–H groups in total. The van der Waals surface area contributed by atoms with E-state index in [1.807, 2.05) is 12.1 Å². The quantitative estimate of drug-likeness (QED) is 0.905. The van der Waals surface area contributed by atoms with Gasteiger partial charge in [-0.3, -0.25) is 4.79 Å². The van der Waals surface area contributed by atoms with Gasteiger partial charge in [-0.05, 0) is 24.8 Å². The van der Waals surface area contributed by atoms with Gasteiger partial charge in [0.15, 0.2) is 11.5 Å². The van der Waals surface area contributed by atoms with Crippen molar-refractivity contribution in [1.82, 2.24) is 0 Å². The fourth-order valence-electron chi connectivity index (χ4n) is 3.26. The third kappa shape index (κ3) is 2.91. The van der Waals surface area contributed by atoms with Gasteiger partial charge in [-0.2, -0.15) is 0 Å². The van der Waals surface area contributed by atoms with Crippen LogP contribution in [-0.4, -0.2) is 27.2 Å². The van der Waals surface area contributed by atoms with Crippen LogP contribution in [0.2, 0.25) is 0 Å². The van der Waals surface area contributed by atoms with Crippen molar-refractivity contribution in [1.29, 1.82) is 0 Å². The SMILES string of the molecule is COc1ccc([C@@H]2CCCC[C@H]2C(N)=O)c(OC)c1OC. The summed E-state index contributed by atoms with van der Waals surface area (Å²) in [5.41, 5.74) is 6.55. The molecule has 1 saturated carbocycles. The van der Waals surface area contributed by atoms with E-state index in [0.29, 0.717) is 17.2 Å². The molecule has 116 valence electrons. The van der Waals surface area contributed by atoms with Gasteiger partial charge < -0.3 is 19.9 Å². The summed E-state index contributed by atoms with van der Waals surface area (Å²) >= 11 is 0. The lowest BCUT2D eigenvalue weighted by Gasteiger charge is -2.31. The number of carbonyl (C=O) groups excluding carboxylic acids is 1. The molecule has 0 aromatic heterocycles. The Bertz CT molecular complexity index is 515. The van der Waals surface area contributed by atoms with Crippen molar-refractivity contribution in [3.8, 4) is 17.2 Å². The Morgan fingerprint density at radius 3 is 2.29 bits per heavy atom. The molecule has 0 heterocycles. The van der Waals surface area contributed by atoms with Crippen LogP contribution < -0.4 is 19.9 Å². The fourth-order valence-corrected chi connectivity index (χ4v) is 3.26. The number of primary amides is 1. The highest BCUT2D eigenvalue weighted by Crippen LogP contribution is 2.47. The molecule has 2 rings (SSSR count). The molecule has 1 aromatic rings. The molecule has 5 nitrogen and oxygen atoms in total. The Morgan fingerprint density at radius 2 is 1.71 bits per heavy atom. The van der Waals surface area contributed by atoms with Gasteiger partial charge in [0.2, 0.25) is 11.7 Å². The number of hydrogen-bond donors (Lipinski definition) is 1. The molecular weight excluding hydrogens is 270 g/mol. The molecule has 5 heteroatoms. The van der Waals surface area contributed by atoms with E-state index < -0.39 is 0 Å². The van der Waals surface area contributed by atoms with E-state index in [9.17, 15) is 4.79 Å². The van der Waals surface area contributed by atoms with Crippen LogP contribution in [0.1, 0.15) is 37.2 Å². The molecule has 0 bridgehead atoms. The third-order valence-corrected chi connectivity index (χ3v) is 4.27. The van der Waals surface area contributed by atoms with Crippen LogP contribution in [0.25, 0.3) is 0 Å². The average molecular weight is 293 g/mol. The summed E-state index contributed by atoms with van der Waals surface area (Å²) < 4.78 is 16.3. The van der Waals surface area contributed by atoms with Crippen LogP contribution in [0.3, 0.4) is 0 Å². The highest BCUT2D eigenvalue weighted by Gasteiger charge is 2.33. The number of carbonyl (C=O) groups is 1. The minimum absolute atomic E-state index is 0.0750. The standard InChI is InChI=1S/C16H23NO4/c1-19-13-9-8-11(14(20-2)15(13)21-3)10-6-4-5-7-12(10)16(17)18/h8-10,12H,4-7H2,1-3H3,(H2,17,18)/t10-,12+/m0/s1. The molecule has 2 atom stereocenters. The Hall–Kier alpha value is -1.91. The van der Waals surface area contributed by atoms with Crippen LogP contribution in [0.4, 0.5) is 0 Å². The molecule has 1 aliphatic rings. The topological polar surface area (TPSA) is 70.8 Å². The summed E-state index contributed by atoms with van der Waals surface area (Å²) in [5.74, 6) is 1.50. The molecule has 0 spiro atoms. The average Bonchev–Trinajstić information content (AvgIpc) is 2.53. The van der Waals surface area contributed by atoms with Gasteiger partial charge in [0, 0.05) is 11.5 Å². The van der Waals surface area contributed by atoms with Crippen molar-refractivity contribution in [3.05, 3.63) is 17.7 Å². The molecule has 1 amide bonds. The first-order chi connectivity index (χ1) is 10.1. The highest BCUT2D eigenvalue weighted by atomic mass is 16.5. The molecule has 0 aliphatic heterocycles. The first kappa shape index (κ1) is 15.5. The maximum absolute atomic E-state index is 11.7. The number of ether oxygens (including phenoxy) is 3. The van der Waals surface area contributed by atoms with Gasteiger partial charge in [-0.25, -0.2) is 0 Å². The normalized spacial score (nSPS) is 21.7. The van der Waals surface area contributed by atoms with E-state index in [1.54, 1.807) is 21.3 Å². The minimum Gasteiger partial charge on any atom is -0.493 e. The van der Waals surface area contributed by atoms with Gasteiger partial charge in [0.05, 0.1) is 21.3 Å². The number of methoxy groups -OCH3 is 3. The lowest BCUT2D eigenvalue weighted by molar-refractivity contribution is -0.123. The van der Waals surface area contributed by atoms with E-state index in [1.165, 1.54) is 0 Å². The molecule has 21 heavy (non-hydrogen) atoms. The first-order valence-corrected chi connectivity index (χ1v) is 7.22. The second kappa shape index (κ2) is 6.70. The van der Waals surface area contributed by atoms with Crippen LogP contribution in [0.15, 0.2) is 12.1 Å². The van der Waals surface area contributed by atoms with Gasteiger partial charge in [-0.15, -0.1) is 0 Å². The molecule has 0 unspecified atom stereocenters. The number of rotatable bonds is 5. The molecule has 0 radical (unpaired) electrons. The summed E-state index contributed by atoms with van der Waals surface area (Å²) in [6.07, 6.45) is 3.89. The van der Waals surface area contributed by atoms with Gasteiger partial charge in [-0.1, -0.05) is 18.9 Å². The lowest BCUT2D eigenvalue weighted by Crippen LogP contribution is -2.31. The fraction of sp³-hybridized carbons (Fsp3) is 0.562. The van der Waals surface area contributed by atoms with E-state index >= 15 is 0 Å². The lowest BCUT2D eigenvalue weighted by atomic mass is 9.74. The zero-order valence-corrected chi connectivity index (χ0v) is 12.8. The summed E-state index contributed by atoms with van der Waals surface area (Å²) in [5, 5.41) is 0. The number of amides is 1. The Morgan fingerprint density at radius 1 is 1.05 bits per heavy atom. The predicted molar refractivity (Wildman–Crippen MR) is 80.0 cm³/mol. The molecular formula is C16H23NO4. The maximum atomic E-state index is 11.7. The van der Waals surface area contributed by atoms with Crippen molar-refractivity contribution in [2.45, 2.75) is 31.6 Å². The van der Waals surface area contributed by atoms with Crippen molar-refractivity contribution in [2.24, 2.45) is 11.7 Å². The van der Waals surface area contributed by atoms with Crippen LogP contribution in [-0.2, 0) is 4.79 Å². The van der Waals surface area contributed by atoms with Crippen LogP contribution in [0.5, 0.6) is 17.2 Å². The Balaban J connectivity index is 2.49. The maximum Gasteiger partial charge on any atom is 0.221 e. The van der Waals surface area contributed by atoms with Crippen molar-refractivity contribution < 1.29 is 19.0 Å². The van der Waals surface area contributed by atoms with Crippen molar-refractivity contribution >= 4 is 5.91 Å². The van der Waals surface area contributed by atoms with E-state index in [4.69, 9.17) is 19.9 Å². The highest BCUT2D eigenvalue weighted by molar-refractivity contribution is 5.78. The first-order valence-electron chi connectivity index (χ1n) is 7.22. The zero-order chi connectivity index (χ0) is 15.4. The van der Waals surface area contributed by atoms with Crippen molar-refractivity contribution in [3.63, 3.8) is 0 Å². The summed E-state index contributed by atoms with van der Waals surface area (Å²) in [7, 11) is 4.77. The zero-order valence-electron chi connectivity index (χ0n) is 12.8. The second-order valence-electron chi connectivity index (χ2n) is 5.32. The largest absolute Gasteiger partial charge is 0.493 e. The molecule has 0 saturated heterocycles. The van der Waals surface area contributed by atoms with E-state index in [2.05, 4.69) is 0 Å². The number of nitrogens with two attached hydrogens (primary N) is 1. The Kier molecular flexibility index (Phi) is 4.94. The van der Waals surface area contributed by atoms with Crippen molar-refractivity contribution in [2.75, 3.05) is 21.3 Å². The molecule has 1 aromatic carbocycles. The third-order valence-electron chi connectivity index (χ3n) is 4.27. The summed E-state index contributed by atoms with van der Waals surface area (Å²) in [4.78, 5) is 11.7. The van der Waals surface area contributed by atoms with E-state index in [-0.39, 0.29) is 17.7 Å². The van der Waals surface area contributed by atoms with Gasteiger partial charge in [0.25, 0.3) is 0 Å². The Labute approximate surface area is 125 Å². The summed E-state index contributed by atoms with van der Waals surface area (Å²) in [6.45, 7) is 0.